The van der Waals surface area contributed by atoms with Crippen molar-refractivity contribution >= 4 is 35.8 Å². The van der Waals surface area contributed by atoms with E-state index in [0.29, 0.717) is 12.5 Å². The van der Waals surface area contributed by atoms with E-state index in [9.17, 15) is 4.79 Å². The van der Waals surface area contributed by atoms with Crippen LogP contribution in [0.1, 0.15) is 24.7 Å². The molecular formula is C17H31IN6O. The van der Waals surface area contributed by atoms with Crippen LogP contribution in [0.5, 0.6) is 0 Å². The van der Waals surface area contributed by atoms with E-state index in [4.69, 9.17) is 0 Å². The number of guanidine groups is 1. The van der Waals surface area contributed by atoms with Crippen LogP contribution >= 0.6 is 24.0 Å². The van der Waals surface area contributed by atoms with Crippen molar-refractivity contribution in [3.8, 4) is 0 Å². The van der Waals surface area contributed by atoms with E-state index in [1.54, 1.807) is 14.1 Å². The summed E-state index contributed by atoms with van der Waals surface area (Å²) in [6.07, 6.45) is 0.914. The van der Waals surface area contributed by atoms with Crippen LogP contribution in [0.15, 0.2) is 23.2 Å². The number of amides is 1. The Hall–Kier alpha value is -1.58. The van der Waals surface area contributed by atoms with Gasteiger partial charge in [0.25, 0.3) is 0 Å². The number of hydrogen-bond acceptors (Lipinski definition) is 3. The molecule has 0 bridgehead atoms. The van der Waals surface area contributed by atoms with Gasteiger partial charge in [-0.3, -0.25) is 9.48 Å². The number of nitrogens with one attached hydrogen (secondary N) is 2. The lowest BCUT2D eigenvalue weighted by atomic mass is 10.3. The van der Waals surface area contributed by atoms with E-state index in [1.165, 1.54) is 10.6 Å². The average Bonchev–Trinajstić information content (AvgIpc) is 2.82. The van der Waals surface area contributed by atoms with Gasteiger partial charge in [0.05, 0.1) is 5.69 Å². The highest BCUT2D eigenvalue weighted by molar-refractivity contribution is 14.0. The molecule has 0 radical (unpaired) electrons. The third kappa shape index (κ3) is 9.47. The number of aromatic nitrogens is 2. The first kappa shape index (κ1) is 23.4. The number of carbonyl (C=O) groups is 1. The summed E-state index contributed by atoms with van der Waals surface area (Å²) in [7, 11) is 3.45. The minimum atomic E-state index is -0.0333. The summed E-state index contributed by atoms with van der Waals surface area (Å²) in [6.45, 7) is 12.2. The number of rotatable bonds is 8. The molecule has 0 aromatic carbocycles. The highest BCUT2D eigenvalue weighted by atomic mass is 127. The molecule has 1 rings (SSSR count). The smallest absolute Gasteiger partial charge is 0.243 e. The van der Waals surface area contributed by atoms with Gasteiger partial charge in [-0.05, 0) is 33.3 Å². The fourth-order valence-electron chi connectivity index (χ4n) is 2.03. The monoisotopic (exact) mass is 462 g/mol. The molecule has 1 aromatic rings. The molecule has 1 aromatic heterocycles. The molecule has 0 unspecified atom stereocenters. The first-order valence-corrected chi connectivity index (χ1v) is 8.17. The van der Waals surface area contributed by atoms with Crippen molar-refractivity contribution in [2.24, 2.45) is 4.99 Å². The highest BCUT2D eigenvalue weighted by Gasteiger charge is 2.05. The third-order valence-corrected chi connectivity index (χ3v) is 3.37. The van der Waals surface area contributed by atoms with Crippen molar-refractivity contribution < 1.29 is 4.79 Å². The van der Waals surface area contributed by atoms with Crippen molar-refractivity contribution in [2.45, 2.75) is 33.7 Å². The summed E-state index contributed by atoms with van der Waals surface area (Å²) in [6, 6.07) is 2.07. The quantitative estimate of drug-likeness (QED) is 0.203. The second kappa shape index (κ2) is 11.9. The van der Waals surface area contributed by atoms with Gasteiger partial charge < -0.3 is 15.5 Å². The fourth-order valence-corrected chi connectivity index (χ4v) is 2.03. The third-order valence-electron chi connectivity index (χ3n) is 3.37. The van der Waals surface area contributed by atoms with E-state index in [0.717, 1.165) is 30.8 Å². The average molecular weight is 462 g/mol. The standard InChI is InChI=1S/C17H30N6O.HI/c1-13(2)11-19-17(20-12-16(24)22(5)6)18-8-7-9-23-15(4)10-14(3)21-23;/h10H,1,7-9,11-12H2,2-6H3,(H2,18,19,20);1H. The minimum absolute atomic E-state index is 0. The van der Waals surface area contributed by atoms with Crippen molar-refractivity contribution in [1.82, 2.24) is 25.3 Å². The SMILES string of the molecule is C=C(C)CNC(=NCC(=O)N(C)C)NCCCn1nc(C)cc1C.I. The van der Waals surface area contributed by atoms with Crippen molar-refractivity contribution in [2.75, 3.05) is 33.7 Å². The van der Waals surface area contributed by atoms with Gasteiger partial charge in [-0.25, -0.2) is 4.99 Å². The Morgan fingerprint density at radius 1 is 1.36 bits per heavy atom. The molecule has 0 fully saturated rings. The van der Waals surface area contributed by atoms with Gasteiger partial charge in [0, 0.05) is 39.4 Å². The van der Waals surface area contributed by atoms with Gasteiger partial charge >= 0.3 is 0 Å². The van der Waals surface area contributed by atoms with Crippen LogP contribution < -0.4 is 10.6 Å². The van der Waals surface area contributed by atoms with E-state index >= 15 is 0 Å². The second-order valence-electron chi connectivity index (χ2n) is 6.19. The summed E-state index contributed by atoms with van der Waals surface area (Å²) < 4.78 is 2.00. The molecule has 1 heterocycles. The lowest BCUT2D eigenvalue weighted by Crippen LogP contribution is -2.39. The number of carbonyl (C=O) groups excluding carboxylic acids is 1. The molecule has 0 aliphatic carbocycles. The Labute approximate surface area is 168 Å². The van der Waals surface area contributed by atoms with E-state index in [2.05, 4.69) is 40.3 Å². The lowest BCUT2D eigenvalue weighted by molar-refractivity contribution is -0.127. The molecule has 0 saturated carbocycles. The van der Waals surface area contributed by atoms with Crippen LogP contribution in [-0.4, -0.2) is 60.3 Å². The molecule has 0 atom stereocenters. The lowest BCUT2D eigenvalue weighted by Gasteiger charge is -2.14. The first-order valence-electron chi connectivity index (χ1n) is 8.17. The van der Waals surface area contributed by atoms with E-state index in [-0.39, 0.29) is 36.4 Å². The minimum Gasteiger partial charge on any atom is -0.356 e. The van der Waals surface area contributed by atoms with E-state index < -0.39 is 0 Å². The Bertz CT molecular complexity index is 594. The number of likely N-dealkylation sites (N-methyl/N-ethyl adjacent to an activating group) is 1. The normalized spacial score (nSPS) is 10.8. The zero-order valence-electron chi connectivity index (χ0n) is 15.9. The molecule has 2 N–H and O–H groups in total. The molecule has 142 valence electrons. The Kier molecular flexibility index (Phi) is 11.1. The Morgan fingerprint density at radius 2 is 2.04 bits per heavy atom. The summed E-state index contributed by atoms with van der Waals surface area (Å²) in [5, 5.41) is 10.9. The number of aryl methyl sites for hydroxylation is 3. The van der Waals surface area contributed by atoms with Gasteiger partial charge in [-0.2, -0.15) is 5.10 Å². The van der Waals surface area contributed by atoms with Crippen molar-refractivity contribution in [3.63, 3.8) is 0 Å². The van der Waals surface area contributed by atoms with Crippen LogP contribution in [0.25, 0.3) is 0 Å². The summed E-state index contributed by atoms with van der Waals surface area (Å²) >= 11 is 0. The molecule has 7 nitrogen and oxygen atoms in total. The molecule has 0 aliphatic heterocycles. The Morgan fingerprint density at radius 3 is 2.56 bits per heavy atom. The van der Waals surface area contributed by atoms with Crippen LogP contribution in [0.2, 0.25) is 0 Å². The van der Waals surface area contributed by atoms with Gasteiger partial charge in [0.2, 0.25) is 5.91 Å². The van der Waals surface area contributed by atoms with E-state index in [1.807, 2.05) is 18.5 Å². The predicted molar refractivity (Wildman–Crippen MR) is 114 cm³/mol. The van der Waals surface area contributed by atoms with Crippen LogP contribution in [-0.2, 0) is 11.3 Å². The zero-order chi connectivity index (χ0) is 18.1. The predicted octanol–water partition coefficient (Wildman–Crippen LogP) is 1.71. The van der Waals surface area contributed by atoms with Gasteiger partial charge in [0.1, 0.15) is 6.54 Å². The summed E-state index contributed by atoms with van der Waals surface area (Å²) in [5.41, 5.74) is 3.21. The van der Waals surface area contributed by atoms with Gasteiger partial charge in [0.15, 0.2) is 5.96 Å². The molecule has 1 amide bonds. The maximum Gasteiger partial charge on any atom is 0.243 e. The summed E-state index contributed by atoms with van der Waals surface area (Å²) in [4.78, 5) is 17.5. The summed E-state index contributed by atoms with van der Waals surface area (Å²) in [5.74, 6) is 0.593. The molecule has 25 heavy (non-hydrogen) atoms. The zero-order valence-corrected chi connectivity index (χ0v) is 18.3. The molecule has 0 aliphatic rings. The Balaban J connectivity index is 0.00000576. The number of aliphatic imine (C=N–C) groups is 1. The highest BCUT2D eigenvalue weighted by Crippen LogP contribution is 2.02. The first-order chi connectivity index (χ1) is 11.3. The fraction of sp³-hybridized carbons (Fsp3) is 0.588. The maximum absolute atomic E-state index is 11.7. The van der Waals surface area contributed by atoms with Gasteiger partial charge in [-0.15, -0.1) is 24.0 Å². The molecule has 0 spiro atoms. The van der Waals surface area contributed by atoms with Crippen molar-refractivity contribution in [3.05, 3.63) is 29.6 Å². The van der Waals surface area contributed by atoms with Crippen LogP contribution in [0.4, 0.5) is 0 Å². The molecule has 0 saturated heterocycles. The number of hydrogen-bond donors (Lipinski definition) is 2. The maximum atomic E-state index is 11.7. The topological polar surface area (TPSA) is 74.6 Å². The second-order valence-corrected chi connectivity index (χ2v) is 6.19. The van der Waals surface area contributed by atoms with Crippen molar-refractivity contribution in [1.29, 1.82) is 0 Å². The molecular weight excluding hydrogens is 431 g/mol. The number of nitrogens with zero attached hydrogens (tertiary/aromatic N) is 4. The van der Waals surface area contributed by atoms with Crippen LogP contribution in [0, 0.1) is 13.8 Å². The number of halogens is 1. The largest absolute Gasteiger partial charge is 0.356 e. The molecule has 8 heteroatoms. The van der Waals surface area contributed by atoms with Crippen LogP contribution in [0.3, 0.4) is 0 Å². The van der Waals surface area contributed by atoms with Gasteiger partial charge in [-0.1, -0.05) is 12.2 Å².